The van der Waals surface area contributed by atoms with E-state index in [-0.39, 0.29) is 12.2 Å². The molecular weight excluding hydrogens is 287 g/mol. The third-order valence-electron chi connectivity index (χ3n) is 2.18. The average Bonchev–Trinajstić information content (AvgIpc) is 2.31. The Morgan fingerprint density at radius 2 is 2.11 bits per heavy atom. The zero-order valence-corrected chi connectivity index (χ0v) is 10.9. The van der Waals surface area contributed by atoms with Crippen LogP contribution in [0.5, 0.6) is 0 Å². The molecule has 6 nitrogen and oxygen atoms in total. The minimum atomic E-state index is -3.76. The molecule has 0 aliphatic rings. The van der Waals surface area contributed by atoms with Crippen molar-refractivity contribution in [1.82, 2.24) is 0 Å². The molecule has 0 unspecified atom stereocenters. The molecule has 0 aliphatic heterocycles. The van der Waals surface area contributed by atoms with Crippen molar-refractivity contribution < 1.29 is 17.7 Å². The Kier molecular flexibility index (Phi) is 4.47. The van der Waals surface area contributed by atoms with Gasteiger partial charge in [0, 0.05) is 12.6 Å². The molecule has 0 N–H and O–H groups in total. The summed E-state index contributed by atoms with van der Waals surface area (Å²) in [6, 6.07) is 2.86. The van der Waals surface area contributed by atoms with Crippen molar-refractivity contribution >= 4 is 33.0 Å². The Morgan fingerprint density at radius 3 is 2.56 bits per heavy atom. The fourth-order valence-electron chi connectivity index (χ4n) is 1.39. The van der Waals surface area contributed by atoms with Gasteiger partial charge in [-0.05, 0) is 19.1 Å². The van der Waals surface area contributed by atoms with Gasteiger partial charge in [-0.1, -0.05) is 0 Å². The second-order valence-electron chi connectivity index (χ2n) is 3.28. The van der Waals surface area contributed by atoms with Gasteiger partial charge in [-0.15, -0.1) is 11.6 Å². The van der Waals surface area contributed by atoms with Crippen LogP contribution in [-0.2, 0) is 10.0 Å². The summed E-state index contributed by atoms with van der Waals surface area (Å²) in [5.74, 6) is -1.02. The molecular formula is C9H10ClFN2O4S. The summed E-state index contributed by atoms with van der Waals surface area (Å²) in [4.78, 5) is 9.66. The number of rotatable bonds is 5. The Labute approximate surface area is 108 Å². The number of nitrogens with zero attached hydrogens (tertiary/aromatic N) is 2. The highest BCUT2D eigenvalue weighted by molar-refractivity contribution is 7.93. The highest BCUT2D eigenvalue weighted by Gasteiger charge is 2.23. The van der Waals surface area contributed by atoms with Crippen LogP contribution in [0, 0.1) is 15.9 Å². The number of benzene rings is 1. The molecule has 1 rings (SSSR count). The van der Waals surface area contributed by atoms with E-state index in [9.17, 15) is 22.9 Å². The van der Waals surface area contributed by atoms with Gasteiger partial charge in [0.05, 0.1) is 10.6 Å². The van der Waals surface area contributed by atoms with E-state index in [1.807, 2.05) is 0 Å². The van der Waals surface area contributed by atoms with Gasteiger partial charge in [-0.25, -0.2) is 8.42 Å². The molecule has 18 heavy (non-hydrogen) atoms. The maximum absolute atomic E-state index is 13.1. The lowest BCUT2D eigenvalue weighted by Crippen LogP contribution is -2.31. The van der Waals surface area contributed by atoms with E-state index in [0.717, 1.165) is 22.5 Å². The highest BCUT2D eigenvalue weighted by Crippen LogP contribution is 2.26. The SMILES string of the molecule is CCN(c1ccc(F)c([N+](=O)[O-])c1)S(=O)(=O)CCl. The zero-order chi connectivity index (χ0) is 13.9. The quantitative estimate of drug-likeness (QED) is 0.473. The summed E-state index contributed by atoms with van der Waals surface area (Å²) in [6.07, 6.45) is 0. The molecule has 1 aromatic rings. The van der Waals surface area contributed by atoms with Crippen LogP contribution in [0.25, 0.3) is 0 Å². The van der Waals surface area contributed by atoms with Crippen molar-refractivity contribution in [2.24, 2.45) is 0 Å². The standard InChI is InChI=1S/C9H10ClFN2O4S/c1-2-12(18(16,17)6-10)7-3-4-8(11)9(5-7)13(14)15/h3-5H,2,6H2,1H3. The third-order valence-corrected chi connectivity index (χ3v) is 4.42. The molecule has 0 atom stereocenters. The predicted octanol–water partition coefficient (Wildman–Crippen LogP) is 2.09. The van der Waals surface area contributed by atoms with Crippen molar-refractivity contribution in [3.63, 3.8) is 0 Å². The van der Waals surface area contributed by atoms with E-state index in [0.29, 0.717) is 0 Å². The summed E-state index contributed by atoms with van der Waals surface area (Å²) in [5.41, 5.74) is -0.776. The van der Waals surface area contributed by atoms with Crippen LogP contribution in [0.2, 0.25) is 0 Å². The van der Waals surface area contributed by atoms with Gasteiger partial charge in [-0.3, -0.25) is 14.4 Å². The maximum Gasteiger partial charge on any atom is 0.306 e. The summed E-state index contributed by atoms with van der Waals surface area (Å²) in [7, 11) is -3.76. The summed E-state index contributed by atoms with van der Waals surface area (Å²) >= 11 is 5.31. The number of hydrogen-bond acceptors (Lipinski definition) is 4. The fraction of sp³-hybridized carbons (Fsp3) is 0.333. The first-order chi connectivity index (χ1) is 8.33. The van der Waals surface area contributed by atoms with Gasteiger partial charge in [-0.2, -0.15) is 4.39 Å². The van der Waals surface area contributed by atoms with E-state index < -0.39 is 31.7 Å². The molecule has 0 aliphatic carbocycles. The van der Waals surface area contributed by atoms with Crippen molar-refractivity contribution in [3.8, 4) is 0 Å². The number of alkyl halides is 1. The first-order valence-corrected chi connectivity index (χ1v) is 6.98. The maximum atomic E-state index is 13.1. The molecule has 1 aromatic carbocycles. The summed E-state index contributed by atoms with van der Waals surface area (Å²) in [5, 5.41) is 9.91. The van der Waals surface area contributed by atoms with Gasteiger partial charge in [0.25, 0.3) is 0 Å². The number of nitro benzene ring substituents is 1. The number of sulfonamides is 1. The largest absolute Gasteiger partial charge is 0.306 e. The lowest BCUT2D eigenvalue weighted by molar-refractivity contribution is -0.387. The van der Waals surface area contributed by atoms with E-state index in [1.165, 1.54) is 0 Å². The van der Waals surface area contributed by atoms with Crippen LogP contribution in [0.1, 0.15) is 6.92 Å². The van der Waals surface area contributed by atoms with Crippen molar-refractivity contribution in [1.29, 1.82) is 0 Å². The van der Waals surface area contributed by atoms with Crippen LogP contribution < -0.4 is 4.31 Å². The van der Waals surface area contributed by atoms with Crippen LogP contribution in [0.15, 0.2) is 18.2 Å². The highest BCUT2D eigenvalue weighted by atomic mass is 35.5. The van der Waals surface area contributed by atoms with Crippen molar-refractivity contribution in [3.05, 3.63) is 34.1 Å². The van der Waals surface area contributed by atoms with E-state index in [2.05, 4.69) is 0 Å². The molecule has 9 heteroatoms. The van der Waals surface area contributed by atoms with Crippen LogP contribution >= 0.6 is 11.6 Å². The average molecular weight is 297 g/mol. The Hall–Kier alpha value is -1.41. The molecule has 0 fully saturated rings. The number of halogens is 2. The molecule has 0 bridgehead atoms. The summed E-state index contributed by atoms with van der Waals surface area (Å²) in [6.45, 7) is 1.58. The molecule has 100 valence electrons. The molecule has 0 aromatic heterocycles. The zero-order valence-electron chi connectivity index (χ0n) is 9.34. The Morgan fingerprint density at radius 1 is 1.50 bits per heavy atom. The van der Waals surface area contributed by atoms with Crippen LogP contribution in [-0.4, -0.2) is 25.1 Å². The van der Waals surface area contributed by atoms with Gasteiger partial charge in [0.15, 0.2) is 0 Å². The first-order valence-electron chi connectivity index (χ1n) is 4.83. The van der Waals surface area contributed by atoms with Crippen LogP contribution in [0.3, 0.4) is 0 Å². The Bertz CT molecular complexity index is 564. The third kappa shape index (κ3) is 2.88. The topological polar surface area (TPSA) is 80.5 Å². The van der Waals surface area contributed by atoms with Gasteiger partial charge < -0.3 is 0 Å². The molecule has 0 saturated heterocycles. The fourth-order valence-corrected chi connectivity index (χ4v) is 2.69. The number of nitro groups is 1. The van der Waals surface area contributed by atoms with Crippen molar-refractivity contribution in [2.45, 2.75) is 6.92 Å². The monoisotopic (exact) mass is 296 g/mol. The summed E-state index contributed by atoms with van der Waals surface area (Å²) < 4.78 is 37.3. The smallest absolute Gasteiger partial charge is 0.269 e. The van der Waals surface area contributed by atoms with E-state index >= 15 is 0 Å². The molecule has 0 heterocycles. The van der Waals surface area contributed by atoms with E-state index in [1.54, 1.807) is 6.92 Å². The lowest BCUT2D eigenvalue weighted by Gasteiger charge is -2.21. The second kappa shape index (κ2) is 5.49. The Balaban J connectivity index is 3.32. The molecule has 0 amide bonds. The lowest BCUT2D eigenvalue weighted by atomic mass is 10.2. The minimum absolute atomic E-state index is 0.00579. The number of hydrogen-bond donors (Lipinski definition) is 0. The van der Waals surface area contributed by atoms with Crippen molar-refractivity contribution in [2.75, 3.05) is 16.1 Å². The van der Waals surface area contributed by atoms with Crippen LogP contribution in [0.4, 0.5) is 15.8 Å². The predicted molar refractivity (Wildman–Crippen MR) is 65.7 cm³/mol. The minimum Gasteiger partial charge on any atom is -0.269 e. The van der Waals surface area contributed by atoms with E-state index in [4.69, 9.17) is 11.6 Å². The molecule has 0 spiro atoms. The molecule has 0 saturated carbocycles. The second-order valence-corrected chi connectivity index (χ2v) is 5.76. The molecule has 0 radical (unpaired) electrons. The normalized spacial score (nSPS) is 11.3. The number of anilines is 1. The van der Waals surface area contributed by atoms with Gasteiger partial charge in [0.1, 0.15) is 5.21 Å². The first kappa shape index (κ1) is 14.7. The van der Waals surface area contributed by atoms with Gasteiger partial charge >= 0.3 is 5.69 Å². The van der Waals surface area contributed by atoms with Gasteiger partial charge in [0.2, 0.25) is 15.8 Å².